The third-order valence-electron chi connectivity index (χ3n) is 3.98. The van der Waals surface area contributed by atoms with Gasteiger partial charge in [0.05, 0.1) is 12.1 Å². The lowest BCUT2D eigenvalue weighted by Gasteiger charge is -2.24. The summed E-state index contributed by atoms with van der Waals surface area (Å²) < 4.78 is 2.03. The SMILES string of the molecule is CC(Nc1ccccc1)c1nnnn1C1CCCCC1. The van der Waals surface area contributed by atoms with Crippen molar-refractivity contribution in [3.63, 3.8) is 0 Å². The Balaban J connectivity index is 1.75. The molecule has 0 bridgehead atoms. The highest BCUT2D eigenvalue weighted by Crippen LogP contribution is 2.29. The topological polar surface area (TPSA) is 55.6 Å². The van der Waals surface area contributed by atoms with Crippen molar-refractivity contribution in [2.75, 3.05) is 5.32 Å². The summed E-state index contributed by atoms with van der Waals surface area (Å²) in [5.74, 6) is 0.931. The van der Waals surface area contributed by atoms with E-state index in [0.29, 0.717) is 6.04 Å². The van der Waals surface area contributed by atoms with Gasteiger partial charge in [-0.15, -0.1) is 5.10 Å². The highest BCUT2D eigenvalue weighted by atomic mass is 15.6. The van der Waals surface area contributed by atoms with E-state index in [1.54, 1.807) is 0 Å². The zero-order chi connectivity index (χ0) is 13.8. The van der Waals surface area contributed by atoms with Gasteiger partial charge in [-0.1, -0.05) is 37.5 Å². The largest absolute Gasteiger partial charge is 0.375 e. The van der Waals surface area contributed by atoms with Gasteiger partial charge in [0.2, 0.25) is 0 Å². The van der Waals surface area contributed by atoms with E-state index in [0.717, 1.165) is 11.5 Å². The van der Waals surface area contributed by atoms with Crippen molar-refractivity contribution >= 4 is 5.69 Å². The fraction of sp³-hybridized carbons (Fsp3) is 0.533. The summed E-state index contributed by atoms with van der Waals surface area (Å²) in [6.07, 6.45) is 6.28. The molecule has 1 aliphatic rings. The monoisotopic (exact) mass is 271 g/mol. The van der Waals surface area contributed by atoms with E-state index in [2.05, 4.69) is 39.9 Å². The number of aromatic nitrogens is 4. The van der Waals surface area contributed by atoms with E-state index in [1.165, 1.54) is 32.1 Å². The minimum absolute atomic E-state index is 0.106. The third kappa shape index (κ3) is 2.81. The van der Waals surface area contributed by atoms with Crippen molar-refractivity contribution in [3.8, 4) is 0 Å². The predicted octanol–water partition coefficient (Wildman–Crippen LogP) is 3.35. The molecule has 1 aromatic carbocycles. The van der Waals surface area contributed by atoms with Crippen molar-refractivity contribution in [2.24, 2.45) is 0 Å². The van der Waals surface area contributed by atoms with Gasteiger partial charge < -0.3 is 5.32 Å². The molecule has 106 valence electrons. The van der Waals surface area contributed by atoms with Crippen LogP contribution in [0.2, 0.25) is 0 Å². The average molecular weight is 271 g/mol. The second kappa shape index (κ2) is 6.03. The number of nitrogens with zero attached hydrogens (tertiary/aromatic N) is 4. The van der Waals surface area contributed by atoms with Gasteiger partial charge in [-0.2, -0.15) is 0 Å². The van der Waals surface area contributed by atoms with E-state index >= 15 is 0 Å². The van der Waals surface area contributed by atoms with Gasteiger partial charge in [0.1, 0.15) is 0 Å². The average Bonchev–Trinajstić information content (AvgIpc) is 2.99. The van der Waals surface area contributed by atoms with Crippen LogP contribution < -0.4 is 5.32 Å². The second-order valence-corrected chi connectivity index (χ2v) is 5.51. The fourth-order valence-electron chi connectivity index (χ4n) is 2.92. The lowest BCUT2D eigenvalue weighted by atomic mass is 9.95. The summed E-state index contributed by atoms with van der Waals surface area (Å²) in [7, 11) is 0. The van der Waals surface area contributed by atoms with Crippen molar-refractivity contribution in [3.05, 3.63) is 36.2 Å². The van der Waals surface area contributed by atoms with Crippen LogP contribution in [0.5, 0.6) is 0 Å². The van der Waals surface area contributed by atoms with Gasteiger partial charge in [-0.3, -0.25) is 0 Å². The number of anilines is 1. The van der Waals surface area contributed by atoms with Gasteiger partial charge in [0.25, 0.3) is 0 Å². The van der Waals surface area contributed by atoms with Crippen LogP contribution in [0.4, 0.5) is 5.69 Å². The zero-order valence-electron chi connectivity index (χ0n) is 11.9. The number of nitrogens with one attached hydrogen (secondary N) is 1. The molecule has 0 saturated heterocycles. The molecule has 1 aliphatic carbocycles. The van der Waals surface area contributed by atoms with Crippen molar-refractivity contribution in [2.45, 2.75) is 51.1 Å². The lowest BCUT2D eigenvalue weighted by Crippen LogP contribution is -2.20. The molecule has 5 nitrogen and oxygen atoms in total. The van der Waals surface area contributed by atoms with Crippen molar-refractivity contribution < 1.29 is 0 Å². The van der Waals surface area contributed by atoms with E-state index in [-0.39, 0.29) is 6.04 Å². The van der Waals surface area contributed by atoms with Crippen LogP contribution in [0, 0.1) is 0 Å². The molecule has 0 spiro atoms. The fourth-order valence-corrected chi connectivity index (χ4v) is 2.92. The van der Waals surface area contributed by atoms with Crippen molar-refractivity contribution in [1.29, 1.82) is 0 Å². The smallest absolute Gasteiger partial charge is 0.173 e. The Labute approximate surface area is 119 Å². The van der Waals surface area contributed by atoms with Crippen molar-refractivity contribution in [1.82, 2.24) is 20.2 Å². The van der Waals surface area contributed by atoms with Gasteiger partial charge in [-0.05, 0) is 42.3 Å². The molecule has 0 amide bonds. The molecular formula is C15H21N5. The van der Waals surface area contributed by atoms with Gasteiger partial charge in [-0.25, -0.2) is 4.68 Å². The highest BCUT2D eigenvalue weighted by molar-refractivity contribution is 5.43. The van der Waals surface area contributed by atoms with Gasteiger partial charge in [0, 0.05) is 5.69 Å². The Morgan fingerprint density at radius 2 is 1.90 bits per heavy atom. The summed E-state index contributed by atoms with van der Waals surface area (Å²) >= 11 is 0. The molecule has 1 aromatic heterocycles. The van der Waals surface area contributed by atoms with E-state index in [4.69, 9.17) is 0 Å². The standard InChI is InChI=1S/C15H21N5/c1-12(16-13-8-4-2-5-9-13)15-17-18-19-20(15)14-10-6-3-7-11-14/h2,4-5,8-9,12,14,16H,3,6-7,10-11H2,1H3. The summed E-state index contributed by atoms with van der Waals surface area (Å²) in [5, 5.41) is 15.8. The predicted molar refractivity (Wildman–Crippen MR) is 78.4 cm³/mol. The van der Waals surface area contributed by atoms with E-state index < -0.39 is 0 Å². The van der Waals surface area contributed by atoms with Crippen LogP contribution in [0.15, 0.2) is 30.3 Å². The maximum atomic E-state index is 4.23. The van der Waals surface area contributed by atoms with Crippen LogP contribution in [0.3, 0.4) is 0 Å². The van der Waals surface area contributed by atoms with E-state index in [9.17, 15) is 0 Å². The van der Waals surface area contributed by atoms with Crippen LogP contribution in [0.1, 0.15) is 56.9 Å². The minimum atomic E-state index is 0.106. The molecule has 1 heterocycles. The van der Waals surface area contributed by atoms with E-state index in [1.807, 2.05) is 22.9 Å². The normalized spacial score (nSPS) is 17.9. The summed E-state index contributed by atoms with van der Waals surface area (Å²) in [6, 6.07) is 10.8. The number of hydrogen-bond acceptors (Lipinski definition) is 4. The Morgan fingerprint density at radius 3 is 2.65 bits per heavy atom. The molecule has 1 saturated carbocycles. The molecule has 1 N–H and O–H groups in total. The first-order valence-corrected chi connectivity index (χ1v) is 7.44. The van der Waals surface area contributed by atoms with Crippen LogP contribution >= 0.6 is 0 Å². The minimum Gasteiger partial charge on any atom is -0.375 e. The third-order valence-corrected chi connectivity index (χ3v) is 3.98. The maximum absolute atomic E-state index is 4.23. The number of rotatable bonds is 4. The summed E-state index contributed by atoms with van der Waals surface area (Å²) in [5.41, 5.74) is 1.10. The van der Waals surface area contributed by atoms with Gasteiger partial charge >= 0.3 is 0 Å². The first-order chi connectivity index (χ1) is 9.84. The molecule has 3 rings (SSSR count). The molecule has 1 unspecified atom stereocenters. The summed E-state index contributed by atoms with van der Waals surface area (Å²) in [6.45, 7) is 2.11. The molecule has 1 fully saturated rings. The highest BCUT2D eigenvalue weighted by Gasteiger charge is 2.22. The molecule has 2 aromatic rings. The number of para-hydroxylation sites is 1. The number of tetrazole rings is 1. The first-order valence-electron chi connectivity index (χ1n) is 7.44. The maximum Gasteiger partial charge on any atom is 0.173 e. The van der Waals surface area contributed by atoms with Crippen LogP contribution in [-0.4, -0.2) is 20.2 Å². The quantitative estimate of drug-likeness (QED) is 0.926. The second-order valence-electron chi connectivity index (χ2n) is 5.51. The molecule has 1 atom stereocenters. The molecule has 0 aliphatic heterocycles. The molecule has 20 heavy (non-hydrogen) atoms. The molecule has 0 radical (unpaired) electrons. The zero-order valence-corrected chi connectivity index (χ0v) is 11.9. The van der Waals surface area contributed by atoms with Crippen LogP contribution in [-0.2, 0) is 0 Å². The number of hydrogen-bond donors (Lipinski definition) is 1. The summed E-state index contributed by atoms with van der Waals surface area (Å²) in [4.78, 5) is 0. The Hall–Kier alpha value is -1.91. The Kier molecular flexibility index (Phi) is 3.95. The Morgan fingerprint density at radius 1 is 1.15 bits per heavy atom. The molecular weight excluding hydrogens is 250 g/mol. The lowest BCUT2D eigenvalue weighted by molar-refractivity contribution is 0.314. The van der Waals surface area contributed by atoms with Crippen LogP contribution in [0.25, 0.3) is 0 Å². The first kappa shape index (κ1) is 13.1. The Bertz CT molecular complexity index is 530. The van der Waals surface area contributed by atoms with Gasteiger partial charge in [0.15, 0.2) is 5.82 Å². The molecule has 5 heteroatoms. The number of benzene rings is 1.